The number of carbonyl (C=O) groups is 1. The van der Waals surface area contributed by atoms with Gasteiger partial charge in [-0.15, -0.1) is 0 Å². The smallest absolute Gasteiger partial charge is 0.393 e. The van der Waals surface area contributed by atoms with Gasteiger partial charge in [0.15, 0.2) is 0 Å². The molecular formula is C25H31F3N4O. The Balaban J connectivity index is 1.55. The number of alkyl halides is 3. The monoisotopic (exact) mass is 460 g/mol. The lowest BCUT2D eigenvalue weighted by Gasteiger charge is -2.29. The molecule has 3 N–H and O–H groups in total. The number of amides is 1. The fraction of sp³-hybridized carbons (Fsp3) is 0.480. The van der Waals surface area contributed by atoms with E-state index in [2.05, 4.69) is 22.0 Å². The van der Waals surface area contributed by atoms with Crippen molar-refractivity contribution >= 4 is 23.0 Å². The van der Waals surface area contributed by atoms with E-state index in [0.29, 0.717) is 23.3 Å². The van der Waals surface area contributed by atoms with E-state index in [4.69, 9.17) is 5.73 Å². The zero-order chi connectivity index (χ0) is 23.8. The van der Waals surface area contributed by atoms with Crippen LogP contribution >= 0.6 is 0 Å². The molecule has 4 rings (SSSR count). The Bertz CT molecular complexity index is 1000. The second kappa shape index (κ2) is 9.25. The summed E-state index contributed by atoms with van der Waals surface area (Å²) >= 11 is 0. The molecule has 5 nitrogen and oxygen atoms in total. The maximum absolute atomic E-state index is 13.4. The molecule has 8 heteroatoms. The van der Waals surface area contributed by atoms with E-state index in [9.17, 15) is 18.0 Å². The number of likely N-dealkylation sites (tertiary alicyclic amines) is 1. The Hall–Kier alpha value is -2.74. The lowest BCUT2D eigenvalue weighted by molar-refractivity contribution is -0.127. The van der Waals surface area contributed by atoms with Crippen LogP contribution in [-0.4, -0.2) is 48.7 Å². The summed E-state index contributed by atoms with van der Waals surface area (Å²) in [4.78, 5) is 17.4. The predicted octanol–water partition coefficient (Wildman–Crippen LogP) is 5.00. The van der Waals surface area contributed by atoms with Gasteiger partial charge < -0.3 is 16.0 Å². The molecule has 0 aliphatic carbocycles. The molecule has 0 spiro atoms. The van der Waals surface area contributed by atoms with Gasteiger partial charge in [0, 0.05) is 47.8 Å². The Kier molecular flexibility index (Phi) is 6.56. The van der Waals surface area contributed by atoms with E-state index in [1.807, 2.05) is 6.92 Å². The van der Waals surface area contributed by atoms with Crippen molar-refractivity contribution in [2.45, 2.75) is 57.8 Å². The van der Waals surface area contributed by atoms with Crippen molar-refractivity contribution in [3.05, 3.63) is 53.1 Å². The first kappa shape index (κ1) is 23.4. The Morgan fingerprint density at radius 3 is 2.61 bits per heavy atom. The van der Waals surface area contributed by atoms with Gasteiger partial charge in [0.25, 0.3) is 5.91 Å². The molecule has 2 fully saturated rings. The summed E-state index contributed by atoms with van der Waals surface area (Å²) in [5.74, 6) is -0.481. The van der Waals surface area contributed by atoms with Gasteiger partial charge in [-0.1, -0.05) is 0 Å². The molecule has 2 atom stereocenters. The number of anilines is 3. The first-order valence-corrected chi connectivity index (χ1v) is 11.5. The number of hydrogen-bond acceptors (Lipinski definition) is 4. The van der Waals surface area contributed by atoms with Gasteiger partial charge in [0.1, 0.15) is 0 Å². The second-order valence-corrected chi connectivity index (χ2v) is 9.34. The number of nitrogens with two attached hydrogens (primary N) is 1. The molecule has 2 aromatic rings. The number of hydrogen-bond donors (Lipinski definition) is 2. The van der Waals surface area contributed by atoms with Crippen LogP contribution in [0, 0.1) is 6.92 Å². The number of nitrogens with zero attached hydrogens (tertiary/aromatic N) is 2. The number of carbonyl (C=O) groups excluding carboxylic acids is 1. The van der Waals surface area contributed by atoms with Crippen LogP contribution in [0.1, 0.15) is 47.7 Å². The molecule has 0 saturated carbocycles. The molecule has 1 amide bonds. The van der Waals surface area contributed by atoms with Gasteiger partial charge in [-0.25, -0.2) is 0 Å². The molecule has 0 aromatic heterocycles. The molecule has 2 aliphatic heterocycles. The summed E-state index contributed by atoms with van der Waals surface area (Å²) < 4.78 is 40.1. The van der Waals surface area contributed by atoms with Crippen LogP contribution in [-0.2, 0) is 6.42 Å². The average Bonchev–Trinajstić information content (AvgIpc) is 3.36. The third kappa shape index (κ3) is 5.61. The van der Waals surface area contributed by atoms with Crippen molar-refractivity contribution < 1.29 is 18.0 Å². The molecule has 2 aliphatic rings. The predicted molar refractivity (Wildman–Crippen MR) is 126 cm³/mol. The van der Waals surface area contributed by atoms with Crippen molar-refractivity contribution in [2.75, 3.05) is 35.6 Å². The summed E-state index contributed by atoms with van der Waals surface area (Å²) in [7, 11) is 0. The van der Waals surface area contributed by atoms with E-state index >= 15 is 0 Å². The first-order chi connectivity index (χ1) is 15.6. The zero-order valence-corrected chi connectivity index (χ0v) is 19.1. The van der Waals surface area contributed by atoms with Crippen molar-refractivity contribution in [2.24, 2.45) is 0 Å². The van der Waals surface area contributed by atoms with Gasteiger partial charge in [-0.2, -0.15) is 13.2 Å². The molecule has 0 bridgehead atoms. The third-order valence-electron chi connectivity index (χ3n) is 6.69. The zero-order valence-electron chi connectivity index (χ0n) is 19.1. The van der Waals surface area contributed by atoms with Crippen LogP contribution in [0.3, 0.4) is 0 Å². The number of rotatable bonds is 5. The molecule has 178 valence electrons. The first-order valence-electron chi connectivity index (χ1n) is 11.5. The fourth-order valence-corrected chi connectivity index (χ4v) is 5.14. The van der Waals surface area contributed by atoms with Crippen LogP contribution < -0.4 is 16.0 Å². The molecule has 2 saturated heterocycles. The largest absolute Gasteiger partial charge is 0.399 e. The maximum Gasteiger partial charge on any atom is 0.393 e. The minimum atomic E-state index is -4.38. The van der Waals surface area contributed by atoms with Crippen LogP contribution in [0.2, 0.25) is 0 Å². The van der Waals surface area contributed by atoms with E-state index in [1.165, 1.54) is 18.9 Å². The maximum atomic E-state index is 13.4. The standard InChI is InChI=1S/C25H31F3N4O/c1-16-10-18(12-20(29)11-16)24(33)30-23-6-5-21(13-19(23)14-25(26,27)28)31-9-7-22(15-31)32-8-3-4-17(32)2/h5-6,10-13,17,22H,3-4,7-9,14-15,29H2,1-2H3,(H,30,33). The number of nitrogens with one attached hydrogen (secondary N) is 1. The minimum Gasteiger partial charge on any atom is -0.399 e. The lowest BCUT2D eigenvalue weighted by atomic mass is 10.1. The highest BCUT2D eigenvalue weighted by atomic mass is 19.4. The highest BCUT2D eigenvalue weighted by Gasteiger charge is 2.34. The number of aryl methyl sites for hydroxylation is 1. The fourth-order valence-electron chi connectivity index (χ4n) is 5.14. The van der Waals surface area contributed by atoms with Crippen molar-refractivity contribution in [1.29, 1.82) is 0 Å². The molecule has 2 heterocycles. The summed E-state index contributed by atoms with van der Waals surface area (Å²) in [5, 5.41) is 2.66. The van der Waals surface area contributed by atoms with E-state index < -0.39 is 18.5 Å². The summed E-state index contributed by atoms with van der Waals surface area (Å²) in [6.07, 6.45) is -2.08. The van der Waals surface area contributed by atoms with Crippen molar-refractivity contribution in [1.82, 2.24) is 4.90 Å². The normalized spacial score (nSPS) is 21.5. The molecule has 33 heavy (non-hydrogen) atoms. The SMILES string of the molecule is Cc1cc(N)cc(C(=O)Nc2ccc(N3CCC(N4CCCC4C)C3)cc2CC(F)(F)F)c1. The van der Waals surface area contributed by atoms with Gasteiger partial charge in [-0.05, 0) is 87.2 Å². The lowest BCUT2D eigenvalue weighted by Crippen LogP contribution is -2.39. The number of nitrogen functional groups attached to an aromatic ring is 1. The van der Waals surface area contributed by atoms with E-state index in [-0.39, 0.29) is 11.3 Å². The Morgan fingerprint density at radius 1 is 1.15 bits per heavy atom. The van der Waals surface area contributed by atoms with Gasteiger partial charge >= 0.3 is 6.18 Å². The van der Waals surface area contributed by atoms with Crippen molar-refractivity contribution in [3.8, 4) is 0 Å². The van der Waals surface area contributed by atoms with E-state index in [1.54, 1.807) is 30.3 Å². The van der Waals surface area contributed by atoms with Crippen molar-refractivity contribution in [3.63, 3.8) is 0 Å². The number of benzene rings is 2. The Labute approximate surface area is 192 Å². The quantitative estimate of drug-likeness (QED) is 0.617. The number of halogens is 3. The summed E-state index contributed by atoms with van der Waals surface area (Å²) in [5.41, 5.74) is 8.38. The van der Waals surface area contributed by atoms with Crippen LogP contribution in [0.15, 0.2) is 36.4 Å². The van der Waals surface area contributed by atoms with Crippen LogP contribution in [0.4, 0.5) is 30.2 Å². The van der Waals surface area contributed by atoms with Crippen LogP contribution in [0.5, 0.6) is 0 Å². The van der Waals surface area contributed by atoms with Gasteiger partial charge in [0.2, 0.25) is 0 Å². The minimum absolute atomic E-state index is 0.0620. The highest BCUT2D eigenvalue weighted by Crippen LogP contribution is 2.33. The third-order valence-corrected chi connectivity index (χ3v) is 6.69. The van der Waals surface area contributed by atoms with E-state index in [0.717, 1.165) is 37.3 Å². The van der Waals surface area contributed by atoms with Crippen LogP contribution in [0.25, 0.3) is 0 Å². The summed E-state index contributed by atoms with van der Waals surface area (Å²) in [6, 6.07) is 10.9. The Morgan fingerprint density at radius 2 is 1.94 bits per heavy atom. The topological polar surface area (TPSA) is 61.6 Å². The van der Waals surface area contributed by atoms with Gasteiger partial charge in [0.05, 0.1) is 6.42 Å². The highest BCUT2D eigenvalue weighted by molar-refractivity contribution is 6.05. The second-order valence-electron chi connectivity index (χ2n) is 9.34. The molecular weight excluding hydrogens is 429 g/mol. The average molecular weight is 461 g/mol. The van der Waals surface area contributed by atoms with Gasteiger partial charge in [-0.3, -0.25) is 9.69 Å². The molecule has 0 radical (unpaired) electrons. The molecule has 2 aromatic carbocycles. The summed E-state index contributed by atoms with van der Waals surface area (Å²) in [6.45, 7) is 6.77. The molecule has 2 unspecified atom stereocenters.